The minimum Gasteiger partial charge on any atom is -0.440 e. The number of rotatable bonds is 3. The third kappa shape index (κ3) is 3.23. The summed E-state index contributed by atoms with van der Waals surface area (Å²) in [6.45, 7) is 13.3. The fourth-order valence-electron chi connectivity index (χ4n) is 9.86. The van der Waals surface area contributed by atoms with Crippen LogP contribution in [0, 0.1) is 45.8 Å². The average molecular weight is 516 g/mol. The van der Waals surface area contributed by atoms with E-state index in [-0.39, 0.29) is 58.6 Å². The van der Waals surface area contributed by atoms with Gasteiger partial charge in [-0.15, -0.1) is 0 Å². The van der Waals surface area contributed by atoms with E-state index in [0.717, 1.165) is 13.2 Å². The van der Waals surface area contributed by atoms with Crippen molar-refractivity contribution in [1.82, 2.24) is 4.90 Å². The van der Waals surface area contributed by atoms with Crippen LogP contribution in [0.1, 0.15) is 60.3 Å². The maximum atomic E-state index is 12.4. The molecule has 0 aromatic carbocycles. The molecule has 1 amide bonds. The van der Waals surface area contributed by atoms with Gasteiger partial charge in [-0.3, -0.25) is 0 Å². The summed E-state index contributed by atoms with van der Waals surface area (Å²) in [5.41, 5.74) is -0.0464. The summed E-state index contributed by atoms with van der Waals surface area (Å²) in [7, 11) is 3.44. The molecule has 3 aliphatic heterocycles. The van der Waals surface area contributed by atoms with Crippen molar-refractivity contribution >= 4 is 6.09 Å². The molecule has 7 heteroatoms. The quantitative estimate of drug-likeness (QED) is 0.403. The van der Waals surface area contributed by atoms with Crippen LogP contribution < -0.4 is 0 Å². The van der Waals surface area contributed by atoms with Gasteiger partial charge in [0, 0.05) is 30.8 Å². The Morgan fingerprint density at radius 1 is 1.03 bits per heavy atom. The van der Waals surface area contributed by atoms with Gasteiger partial charge in [-0.05, 0) is 54.8 Å². The Morgan fingerprint density at radius 3 is 2.46 bits per heavy atom. The average Bonchev–Trinajstić information content (AvgIpc) is 3.75. The van der Waals surface area contributed by atoms with E-state index in [0.29, 0.717) is 29.6 Å². The molecule has 206 valence electrons. The first-order valence-electron chi connectivity index (χ1n) is 14.6. The molecular formula is C30H45NO6. The van der Waals surface area contributed by atoms with Crippen LogP contribution in [0.5, 0.6) is 0 Å². The number of carbonyl (C=O) groups excluding carboxylic acids is 1. The maximum Gasteiger partial charge on any atom is 0.409 e. The molecule has 0 radical (unpaired) electrons. The van der Waals surface area contributed by atoms with Crippen LogP contribution in [-0.2, 0) is 23.7 Å². The zero-order valence-electron chi connectivity index (χ0n) is 23.6. The second-order valence-corrected chi connectivity index (χ2v) is 14.8. The van der Waals surface area contributed by atoms with Crippen LogP contribution >= 0.6 is 0 Å². The van der Waals surface area contributed by atoms with E-state index in [2.05, 4.69) is 46.8 Å². The van der Waals surface area contributed by atoms with Crippen molar-refractivity contribution in [1.29, 1.82) is 0 Å². The second-order valence-electron chi connectivity index (χ2n) is 14.8. The molecule has 7 aliphatic rings. The smallest absolute Gasteiger partial charge is 0.409 e. The zero-order chi connectivity index (χ0) is 26.1. The summed E-state index contributed by atoms with van der Waals surface area (Å²) in [6, 6.07) is 0. The molecule has 7 nitrogen and oxygen atoms in total. The van der Waals surface area contributed by atoms with Gasteiger partial charge >= 0.3 is 6.09 Å². The van der Waals surface area contributed by atoms with Crippen molar-refractivity contribution in [3.63, 3.8) is 0 Å². The number of amides is 1. The molecule has 0 N–H and O–H groups in total. The highest BCUT2D eigenvalue weighted by atomic mass is 16.7. The monoisotopic (exact) mass is 515 g/mol. The summed E-state index contributed by atoms with van der Waals surface area (Å²) in [5, 5.41) is 0. The van der Waals surface area contributed by atoms with Crippen molar-refractivity contribution in [2.75, 3.05) is 27.3 Å². The van der Waals surface area contributed by atoms with Crippen LogP contribution in [0.4, 0.5) is 4.79 Å². The molecule has 0 bridgehead atoms. The zero-order valence-corrected chi connectivity index (χ0v) is 23.6. The van der Waals surface area contributed by atoms with Crippen LogP contribution in [0.25, 0.3) is 0 Å². The minimum absolute atomic E-state index is 0.0452. The van der Waals surface area contributed by atoms with Gasteiger partial charge in [0.25, 0.3) is 0 Å². The lowest BCUT2D eigenvalue weighted by Crippen LogP contribution is -2.60. The van der Waals surface area contributed by atoms with Crippen molar-refractivity contribution in [2.45, 2.75) is 96.6 Å². The lowest BCUT2D eigenvalue weighted by molar-refractivity contribution is -0.253. The van der Waals surface area contributed by atoms with Gasteiger partial charge in [0.1, 0.15) is 17.8 Å². The first-order chi connectivity index (χ1) is 17.4. The Kier molecular flexibility index (Phi) is 5.20. The lowest BCUT2D eigenvalue weighted by Gasteiger charge is -2.57. The molecular weight excluding hydrogens is 470 g/mol. The highest BCUT2D eigenvalue weighted by molar-refractivity contribution is 5.67. The molecule has 1 unspecified atom stereocenters. The Labute approximate surface area is 221 Å². The van der Waals surface area contributed by atoms with E-state index in [1.807, 2.05) is 0 Å². The van der Waals surface area contributed by atoms with Crippen molar-refractivity contribution in [3.8, 4) is 0 Å². The topological polar surface area (TPSA) is 73.1 Å². The number of allylic oxidation sites excluding steroid dienone is 1. The third-order valence-corrected chi connectivity index (χ3v) is 12.0. The Morgan fingerprint density at radius 2 is 1.76 bits per heavy atom. The summed E-state index contributed by atoms with van der Waals surface area (Å²) in [5.74, 6) is 2.72. The highest BCUT2D eigenvalue weighted by Crippen LogP contribution is 2.75. The summed E-state index contributed by atoms with van der Waals surface area (Å²) < 4.78 is 31.2. The van der Waals surface area contributed by atoms with Crippen LogP contribution in [0.15, 0.2) is 12.2 Å². The fourth-order valence-corrected chi connectivity index (χ4v) is 9.86. The van der Waals surface area contributed by atoms with Crippen molar-refractivity contribution in [3.05, 3.63) is 12.2 Å². The third-order valence-electron chi connectivity index (χ3n) is 12.0. The van der Waals surface area contributed by atoms with Crippen LogP contribution in [0.3, 0.4) is 0 Å². The number of hydrogen-bond donors (Lipinski definition) is 0. The van der Waals surface area contributed by atoms with E-state index in [9.17, 15) is 4.79 Å². The number of hydrogen-bond acceptors (Lipinski definition) is 6. The first kappa shape index (κ1) is 24.9. The predicted molar refractivity (Wildman–Crippen MR) is 137 cm³/mol. The van der Waals surface area contributed by atoms with E-state index >= 15 is 0 Å². The first-order valence-corrected chi connectivity index (χ1v) is 14.6. The van der Waals surface area contributed by atoms with E-state index in [1.165, 1.54) is 30.6 Å². The molecule has 37 heavy (non-hydrogen) atoms. The maximum absolute atomic E-state index is 12.4. The summed E-state index contributed by atoms with van der Waals surface area (Å²) >= 11 is 0. The Hall–Kier alpha value is -1.15. The SMILES string of the molecule is CC(C1OCC(C)(C)CO1)[C@H]1CC[C@H]2[C@@H]3C=C[C@@]45O[C@@H]4[C@@H](OC(=O)N(C)C)[C@@H]4O[C@@H]4[C@]5(C)[C@H]3CC[C@]12C. The van der Waals surface area contributed by atoms with Gasteiger partial charge in [0.15, 0.2) is 12.4 Å². The number of ether oxygens (including phenoxy) is 5. The lowest BCUT2D eigenvalue weighted by atomic mass is 9.46. The molecule has 1 spiro atoms. The highest BCUT2D eigenvalue weighted by Gasteiger charge is 2.85. The largest absolute Gasteiger partial charge is 0.440 e. The van der Waals surface area contributed by atoms with Crippen LogP contribution in [0.2, 0.25) is 0 Å². The summed E-state index contributed by atoms with van der Waals surface area (Å²) in [4.78, 5) is 13.8. The Balaban J connectivity index is 1.12. The standard InChI is InChI=1S/C30H45NO6/c1-16(25-33-14-27(2,3)15-34-25)18-8-9-19-17-10-13-30-24(37-30)22(36-26(32)31(6)7)21-23(35-21)29(30,5)20(17)11-12-28(18,19)4/h10,13,16-25H,8-9,11-12,14-15H2,1-7H3/t16?,17-,18+,19-,20-,21-,22-,23-,24+,28+,29-,30+/m0/s1. The molecule has 3 heterocycles. The molecule has 3 saturated heterocycles. The van der Waals surface area contributed by atoms with Gasteiger partial charge in [-0.2, -0.15) is 0 Å². The summed E-state index contributed by atoms with van der Waals surface area (Å²) in [6.07, 6.45) is 9.00. The molecule has 7 rings (SSSR count). The van der Waals surface area contributed by atoms with Crippen LogP contribution in [-0.4, -0.2) is 74.6 Å². The van der Waals surface area contributed by atoms with Gasteiger partial charge in [-0.25, -0.2) is 4.79 Å². The van der Waals surface area contributed by atoms with Gasteiger partial charge in [0.05, 0.1) is 19.3 Å². The van der Waals surface area contributed by atoms with Gasteiger partial charge < -0.3 is 28.6 Å². The second kappa shape index (κ2) is 7.74. The molecule has 12 atom stereocenters. The fraction of sp³-hybridized carbons (Fsp3) is 0.900. The van der Waals surface area contributed by atoms with Crippen molar-refractivity contribution in [2.24, 2.45) is 45.8 Å². The molecule has 3 saturated carbocycles. The molecule has 4 aliphatic carbocycles. The van der Waals surface area contributed by atoms with E-state index < -0.39 is 0 Å². The Bertz CT molecular complexity index is 1000. The van der Waals surface area contributed by atoms with E-state index in [1.54, 1.807) is 14.1 Å². The molecule has 0 aromatic heterocycles. The number of carbonyl (C=O) groups is 1. The van der Waals surface area contributed by atoms with Gasteiger partial charge in [-0.1, -0.05) is 46.8 Å². The number of nitrogens with zero attached hydrogens (tertiary/aromatic N) is 1. The van der Waals surface area contributed by atoms with E-state index in [4.69, 9.17) is 23.7 Å². The van der Waals surface area contributed by atoms with Crippen molar-refractivity contribution < 1.29 is 28.5 Å². The van der Waals surface area contributed by atoms with Gasteiger partial charge in [0.2, 0.25) is 0 Å². The predicted octanol–water partition coefficient (Wildman–Crippen LogP) is 4.64. The normalized spacial score (nSPS) is 53.6. The molecule has 6 fully saturated rings. The number of fused-ring (bicyclic) bond motifs is 6. The number of epoxide rings is 2. The molecule has 0 aromatic rings. The minimum atomic E-state index is -0.362.